The molecular formula is C19H27N5O4. The molecule has 0 saturated heterocycles. The van der Waals surface area contributed by atoms with Gasteiger partial charge in [0, 0.05) is 30.3 Å². The number of hydrogen-bond donors (Lipinski definition) is 3. The van der Waals surface area contributed by atoms with E-state index >= 15 is 0 Å². The molecule has 3 N–H and O–H groups in total. The van der Waals surface area contributed by atoms with Crippen molar-refractivity contribution in [2.75, 3.05) is 13.1 Å². The molecule has 1 aromatic rings. The minimum Gasteiger partial charge on any atom is -0.476 e. The molecule has 2 amide bonds. The second kappa shape index (κ2) is 7.39. The maximum atomic E-state index is 12.9. The standard InChI is InChI=1S/C19H27N5O4/c1-18(2)6-12(7-19(3,9-18)10-20-11-25)21-17(28)24-5-4-14-13(8-24)15(16(26)27)23-22-14/h12H,4-10H2,1-3H3,(H,21,28)(H,22,23)(H,26,27). The number of carbonyl (C=O) groups excluding carboxylic acids is 2. The van der Waals surface area contributed by atoms with Gasteiger partial charge >= 0.3 is 12.0 Å². The molecule has 2 atom stereocenters. The summed E-state index contributed by atoms with van der Waals surface area (Å²) in [5.74, 6) is -1.10. The minimum atomic E-state index is -1.10. The highest BCUT2D eigenvalue weighted by Gasteiger charge is 2.42. The Labute approximate surface area is 163 Å². The molecule has 1 fully saturated rings. The van der Waals surface area contributed by atoms with Gasteiger partial charge in [-0.15, -0.1) is 0 Å². The van der Waals surface area contributed by atoms with Gasteiger partial charge in [0.1, 0.15) is 0 Å². The van der Waals surface area contributed by atoms with Gasteiger partial charge in [-0.2, -0.15) is 5.10 Å². The van der Waals surface area contributed by atoms with Gasteiger partial charge in [0.05, 0.1) is 13.1 Å². The zero-order chi connectivity index (χ0) is 20.5. The van der Waals surface area contributed by atoms with Crippen molar-refractivity contribution in [1.29, 1.82) is 0 Å². The average molecular weight is 389 g/mol. The number of nitrogens with one attached hydrogen (secondary N) is 2. The number of carbonyl (C=O) groups is 2. The van der Waals surface area contributed by atoms with Gasteiger partial charge in [-0.25, -0.2) is 19.4 Å². The number of rotatable bonds is 4. The van der Waals surface area contributed by atoms with Crippen LogP contribution < -0.4 is 5.32 Å². The third-order valence-corrected chi connectivity index (χ3v) is 5.72. The number of aromatic amines is 1. The lowest BCUT2D eigenvalue weighted by Crippen LogP contribution is -2.52. The van der Waals surface area contributed by atoms with E-state index in [1.165, 1.54) is 0 Å². The van der Waals surface area contributed by atoms with Crippen molar-refractivity contribution < 1.29 is 19.5 Å². The summed E-state index contributed by atoms with van der Waals surface area (Å²) in [7, 11) is 0. The molecule has 1 aliphatic carbocycles. The molecule has 0 aromatic carbocycles. The summed E-state index contributed by atoms with van der Waals surface area (Å²) in [6.45, 7) is 7.53. The molecule has 2 aliphatic rings. The molecule has 152 valence electrons. The van der Waals surface area contributed by atoms with Gasteiger partial charge in [0.2, 0.25) is 6.08 Å². The Kier molecular flexibility index (Phi) is 5.30. The van der Waals surface area contributed by atoms with E-state index in [1.54, 1.807) is 11.0 Å². The predicted octanol–water partition coefficient (Wildman–Crippen LogP) is 2.10. The van der Waals surface area contributed by atoms with Gasteiger partial charge in [-0.1, -0.05) is 20.8 Å². The Morgan fingerprint density at radius 2 is 2.14 bits per heavy atom. The fourth-order valence-corrected chi connectivity index (χ4v) is 4.99. The van der Waals surface area contributed by atoms with Crippen LogP contribution in [0.1, 0.15) is 61.8 Å². The number of H-pyrrole nitrogens is 1. The fourth-order valence-electron chi connectivity index (χ4n) is 4.99. The van der Waals surface area contributed by atoms with E-state index in [0.717, 1.165) is 25.0 Å². The van der Waals surface area contributed by atoms with Crippen LogP contribution in [0.2, 0.25) is 0 Å². The van der Waals surface area contributed by atoms with E-state index in [0.29, 0.717) is 25.1 Å². The maximum absolute atomic E-state index is 12.9. The van der Waals surface area contributed by atoms with Crippen LogP contribution in [0.5, 0.6) is 0 Å². The monoisotopic (exact) mass is 389 g/mol. The number of aromatic carboxylic acids is 1. The molecule has 1 aliphatic heterocycles. The molecule has 0 bridgehead atoms. The van der Waals surface area contributed by atoms with E-state index in [4.69, 9.17) is 0 Å². The van der Waals surface area contributed by atoms with Crippen LogP contribution in [-0.4, -0.2) is 57.4 Å². The molecule has 2 heterocycles. The molecule has 3 rings (SSSR count). The van der Waals surface area contributed by atoms with Crippen molar-refractivity contribution in [2.24, 2.45) is 15.8 Å². The lowest BCUT2D eigenvalue weighted by Gasteiger charge is -2.46. The largest absolute Gasteiger partial charge is 0.476 e. The molecule has 0 spiro atoms. The van der Waals surface area contributed by atoms with Crippen LogP contribution in [0.25, 0.3) is 0 Å². The maximum Gasteiger partial charge on any atom is 0.356 e. The normalized spacial score (nSPS) is 26.1. The molecule has 28 heavy (non-hydrogen) atoms. The summed E-state index contributed by atoms with van der Waals surface area (Å²) in [5.41, 5.74) is 1.17. The van der Waals surface area contributed by atoms with E-state index in [2.05, 4.69) is 41.3 Å². The average Bonchev–Trinajstić information content (AvgIpc) is 3.01. The molecule has 1 aromatic heterocycles. The Balaban J connectivity index is 1.69. The first kappa shape index (κ1) is 20.1. The first-order valence-electron chi connectivity index (χ1n) is 9.51. The van der Waals surface area contributed by atoms with Crippen molar-refractivity contribution >= 4 is 18.1 Å². The molecule has 1 saturated carbocycles. The van der Waals surface area contributed by atoms with E-state index in [1.807, 2.05) is 0 Å². The number of fused-ring (bicyclic) bond motifs is 1. The lowest BCUT2D eigenvalue weighted by atomic mass is 9.62. The van der Waals surface area contributed by atoms with Crippen LogP contribution in [0.15, 0.2) is 4.99 Å². The number of isocyanates is 1. The Bertz CT molecular complexity index is 826. The molecule has 0 radical (unpaired) electrons. The van der Waals surface area contributed by atoms with E-state index < -0.39 is 5.97 Å². The zero-order valence-electron chi connectivity index (χ0n) is 16.5. The summed E-state index contributed by atoms with van der Waals surface area (Å²) >= 11 is 0. The number of amides is 2. The first-order chi connectivity index (χ1) is 13.1. The number of aromatic nitrogens is 2. The molecule has 9 nitrogen and oxygen atoms in total. The quantitative estimate of drug-likeness (QED) is 0.537. The number of carboxylic acids is 1. The second-order valence-electron chi connectivity index (χ2n) is 9.12. The van der Waals surface area contributed by atoms with Crippen LogP contribution in [0.4, 0.5) is 4.79 Å². The fraction of sp³-hybridized carbons (Fsp3) is 0.684. The highest BCUT2D eigenvalue weighted by atomic mass is 16.4. The summed E-state index contributed by atoms with van der Waals surface area (Å²) in [4.78, 5) is 40.2. The summed E-state index contributed by atoms with van der Waals surface area (Å²) in [6, 6.07) is -0.236. The number of nitrogens with zero attached hydrogens (tertiary/aromatic N) is 3. The van der Waals surface area contributed by atoms with Crippen molar-refractivity contribution in [2.45, 2.75) is 59.0 Å². The SMILES string of the molecule is CC1(C)CC(NC(=O)N2CCc3[nH]nc(C(=O)O)c3C2)CC(C)(CN=C=O)C1. The summed E-state index contributed by atoms with van der Waals surface area (Å²) in [6.07, 6.45) is 4.66. The van der Waals surface area contributed by atoms with Crippen molar-refractivity contribution in [1.82, 2.24) is 20.4 Å². The van der Waals surface area contributed by atoms with Gasteiger partial charge in [-0.3, -0.25) is 5.10 Å². The topological polar surface area (TPSA) is 128 Å². The second-order valence-corrected chi connectivity index (χ2v) is 9.12. The summed E-state index contributed by atoms with van der Waals surface area (Å²) < 4.78 is 0. The van der Waals surface area contributed by atoms with Crippen molar-refractivity contribution in [3.8, 4) is 0 Å². The molecule has 2 unspecified atom stereocenters. The van der Waals surface area contributed by atoms with Gasteiger partial charge < -0.3 is 15.3 Å². The van der Waals surface area contributed by atoms with Crippen molar-refractivity contribution in [3.63, 3.8) is 0 Å². The molecule has 9 heteroatoms. The van der Waals surface area contributed by atoms with Crippen LogP contribution in [0.3, 0.4) is 0 Å². The molecular weight excluding hydrogens is 362 g/mol. The van der Waals surface area contributed by atoms with E-state index in [-0.39, 0.29) is 35.1 Å². The van der Waals surface area contributed by atoms with Gasteiger partial charge in [-0.05, 0) is 30.1 Å². The van der Waals surface area contributed by atoms with Crippen LogP contribution >= 0.6 is 0 Å². The van der Waals surface area contributed by atoms with Gasteiger partial charge in [0.25, 0.3) is 0 Å². The summed E-state index contributed by atoms with van der Waals surface area (Å²) in [5, 5.41) is 19.0. The van der Waals surface area contributed by atoms with Crippen LogP contribution in [0, 0.1) is 10.8 Å². The van der Waals surface area contributed by atoms with E-state index in [9.17, 15) is 19.5 Å². The lowest BCUT2D eigenvalue weighted by molar-refractivity contribution is 0.0684. The smallest absolute Gasteiger partial charge is 0.356 e. The predicted molar refractivity (Wildman–Crippen MR) is 101 cm³/mol. The number of carboxylic acid groups (broad SMARTS) is 1. The Morgan fingerprint density at radius 3 is 2.82 bits per heavy atom. The van der Waals surface area contributed by atoms with Crippen molar-refractivity contribution in [3.05, 3.63) is 17.0 Å². The number of aliphatic imine (C=N–C) groups is 1. The first-order valence-corrected chi connectivity index (χ1v) is 9.51. The highest BCUT2D eigenvalue weighted by molar-refractivity contribution is 5.87. The third-order valence-electron chi connectivity index (χ3n) is 5.72. The number of hydrogen-bond acceptors (Lipinski definition) is 5. The third kappa shape index (κ3) is 4.25. The Morgan fingerprint density at radius 1 is 1.39 bits per heavy atom. The zero-order valence-corrected chi connectivity index (χ0v) is 16.5. The number of urea groups is 1. The van der Waals surface area contributed by atoms with Gasteiger partial charge in [0.15, 0.2) is 5.69 Å². The minimum absolute atomic E-state index is 0.0133. The highest BCUT2D eigenvalue weighted by Crippen LogP contribution is 2.46. The van der Waals surface area contributed by atoms with Crippen LogP contribution in [-0.2, 0) is 17.8 Å². The Hall–Kier alpha value is -2.67.